The summed E-state index contributed by atoms with van der Waals surface area (Å²) in [7, 11) is 1.85. The van der Waals surface area contributed by atoms with Gasteiger partial charge in [0.15, 0.2) is 0 Å². The molecule has 1 atom stereocenters. The van der Waals surface area contributed by atoms with Gasteiger partial charge in [0.2, 0.25) is 0 Å². The summed E-state index contributed by atoms with van der Waals surface area (Å²) in [6, 6.07) is 0.0682. The van der Waals surface area contributed by atoms with E-state index in [1.807, 2.05) is 7.05 Å². The lowest BCUT2D eigenvalue weighted by Crippen LogP contribution is -2.54. The van der Waals surface area contributed by atoms with Crippen molar-refractivity contribution in [2.45, 2.75) is 18.4 Å². The van der Waals surface area contributed by atoms with Gasteiger partial charge in [-0.05, 0) is 19.4 Å². The third kappa shape index (κ3) is 1.16. The highest BCUT2D eigenvalue weighted by molar-refractivity contribution is 5.77. The molecule has 2 rings (SSSR count). The number of amides is 2. The number of rotatable bonds is 0. The van der Waals surface area contributed by atoms with Gasteiger partial charge in [-0.1, -0.05) is 0 Å². The zero-order valence-electron chi connectivity index (χ0n) is 7.39. The molecule has 2 N–H and O–H groups in total. The number of carbonyl (C=O) groups is 1. The molecular weight excluding hydrogens is 154 g/mol. The minimum atomic E-state index is 0.0318. The molecule has 0 aromatic heterocycles. The molecule has 0 aliphatic carbocycles. The molecule has 0 bridgehead atoms. The van der Waals surface area contributed by atoms with E-state index in [4.69, 9.17) is 0 Å². The van der Waals surface area contributed by atoms with Crippen LogP contribution < -0.4 is 10.6 Å². The van der Waals surface area contributed by atoms with Crippen LogP contribution in [0.4, 0.5) is 4.79 Å². The van der Waals surface area contributed by atoms with Gasteiger partial charge >= 0.3 is 6.03 Å². The van der Waals surface area contributed by atoms with Crippen molar-refractivity contribution in [2.75, 3.05) is 26.7 Å². The van der Waals surface area contributed by atoms with Crippen LogP contribution in [0.15, 0.2) is 0 Å². The Morgan fingerprint density at radius 2 is 2.42 bits per heavy atom. The van der Waals surface area contributed by atoms with Crippen LogP contribution in [0.3, 0.4) is 0 Å². The van der Waals surface area contributed by atoms with Crippen molar-refractivity contribution < 1.29 is 4.79 Å². The van der Waals surface area contributed by atoms with Gasteiger partial charge in [0.1, 0.15) is 0 Å². The highest BCUT2D eigenvalue weighted by Crippen LogP contribution is 2.21. The maximum absolute atomic E-state index is 11.2. The van der Waals surface area contributed by atoms with E-state index in [1.54, 1.807) is 4.90 Å². The van der Waals surface area contributed by atoms with Crippen LogP contribution in [-0.2, 0) is 0 Å². The molecule has 1 unspecified atom stereocenters. The number of nitrogens with zero attached hydrogens (tertiary/aromatic N) is 1. The molecule has 2 aliphatic rings. The first-order valence-corrected chi connectivity index (χ1v) is 4.46. The minimum Gasteiger partial charge on any atom is -0.329 e. The second-order valence-corrected chi connectivity index (χ2v) is 3.85. The minimum absolute atomic E-state index is 0.0318. The van der Waals surface area contributed by atoms with Crippen LogP contribution in [-0.4, -0.2) is 43.2 Å². The van der Waals surface area contributed by atoms with Crippen molar-refractivity contribution in [1.82, 2.24) is 15.5 Å². The fraction of sp³-hybridized carbons (Fsp3) is 0.875. The summed E-state index contributed by atoms with van der Waals surface area (Å²) in [4.78, 5) is 13.0. The number of likely N-dealkylation sites (N-methyl/N-ethyl adjacent to an activating group) is 1. The summed E-state index contributed by atoms with van der Waals surface area (Å²) in [6.07, 6.45) is 2.27. The van der Waals surface area contributed by atoms with Crippen LogP contribution in [0.25, 0.3) is 0 Å². The Morgan fingerprint density at radius 1 is 1.58 bits per heavy atom. The van der Waals surface area contributed by atoms with Gasteiger partial charge in [0, 0.05) is 20.1 Å². The fourth-order valence-corrected chi connectivity index (χ4v) is 2.10. The number of piperidine rings is 1. The molecular formula is C8H15N3O. The highest BCUT2D eigenvalue weighted by atomic mass is 16.2. The first kappa shape index (κ1) is 7.86. The van der Waals surface area contributed by atoms with Crippen molar-refractivity contribution >= 4 is 6.03 Å². The monoisotopic (exact) mass is 169 g/mol. The second kappa shape index (κ2) is 2.62. The third-order valence-electron chi connectivity index (χ3n) is 2.73. The topological polar surface area (TPSA) is 44.4 Å². The lowest BCUT2D eigenvalue weighted by atomic mass is 9.91. The molecule has 4 nitrogen and oxygen atoms in total. The lowest BCUT2D eigenvalue weighted by molar-refractivity contribution is 0.225. The van der Waals surface area contributed by atoms with Crippen molar-refractivity contribution in [1.29, 1.82) is 0 Å². The van der Waals surface area contributed by atoms with Gasteiger partial charge in [0.05, 0.1) is 5.54 Å². The summed E-state index contributed by atoms with van der Waals surface area (Å²) in [5.74, 6) is 0. The number of nitrogens with one attached hydrogen (secondary N) is 2. The standard InChI is InChI=1S/C8H15N3O/c1-11-6-8(10-7(11)12)3-2-4-9-5-8/h9H,2-6H2,1H3,(H,10,12). The molecule has 4 heteroatoms. The summed E-state index contributed by atoms with van der Waals surface area (Å²) in [5.41, 5.74) is 0.0318. The Labute approximate surface area is 72.3 Å². The molecule has 12 heavy (non-hydrogen) atoms. The predicted octanol–water partition coefficient (Wildman–Crippen LogP) is -0.236. The maximum atomic E-state index is 11.2. The van der Waals surface area contributed by atoms with E-state index in [1.165, 1.54) is 0 Å². The highest BCUT2D eigenvalue weighted by Gasteiger charge is 2.41. The van der Waals surface area contributed by atoms with E-state index in [-0.39, 0.29) is 11.6 Å². The van der Waals surface area contributed by atoms with E-state index in [0.29, 0.717) is 0 Å². The quantitative estimate of drug-likeness (QED) is 0.526. The zero-order valence-corrected chi connectivity index (χ0v) is 7.39. The molecule has 2 saturated heterocycles. The second-order valence-electron chi connectivity index (χ2n) is 3.85. The van der Waals surface area contributed by atoms with Crippen molar-refractivity contribution in [3.8, 4) is 0 Å². The van der Waals surface area contributed by atoms with Crippen LogP contribution in [0.1, 0.15) is 12.8 Å². The fourth-order valence-electron chi connectivity index (χ4n) is 2.10. The smallest absolute Gasteiger partial charge is 0.317 e. The summed E-state index contributed by atoms with van der Waals surface area (Å²) in [6.45, 7) is 2.85. The molecule has 0 aromatic carbocycles. The molecule has 68 valence electrons. The summed E-state index contributed by atoms with van der Waals surface area (Å²) < 4.78 is 0. The molecule has 0 aromatic rings. The van der Waals surface area contributed by atoms with Crippen LogP contribution in [0.2, 0.25) is 0 Å². The lowest BCUT2D eigenvalue weighted by Gasteiger charge is -2.32. The van der Waals surface area contributed by atoms with Crippen LogP contribution >= 0.6 is 0 Å². The van der Waals surface area contributed by atoms with E-state index >= 15 is 0 Å². The Hall–Kier alpha value is -0.770. The number of urea groups is 1. The van der Waals surface area contributed by atoms with E-state index in [0.717, 1.165) is 32.5 Å². The summed E-state index contributed by atoms with van der Waals surface area (Å²) >= 11 is 0. The molecule has 2 heterocycles. The molecule has 2 fully saturated rings. The average molecular weight is 169 g/mol. The van der Waals surface area contributed by atoms with Gasteiger partial charge in [0.25, 0.3) is 0 Å². The number of carbonyl (C=O) groups excluding carboxylic acids is 1. The van der Waals surface area contributed by atoms with E-state index < -0.39 is 0 Å². The van der Waals surface area contributed by atoms with E-state index in [2.05, 4.69) is 10.6 Å². The molecule has 0 saturated carbocycles. The SMILES string of the molecule is CN1CC2(CCCNC2)NC1=O. The average Bonchev–Trinajstić information content (AvgIpc) is 2.29. The van der Waals surface area contributed by atoms with Crippen LogP contribution in [0.5, 0.6) is 0 Å². The van der Waals surface area contributed by atoms with Gasteiger partial charge < -0.3 is 15.5 Å². The van der Waals surface area contributed by atoms with Gasteiger partial charge in [-0.15, -0.1) is 0 Å². The Morgan fingerprint density at radius 3 is 2.92 bits per heavy atom. The van der Waals surface area contributed by atoms with Gasteiger partial charge in [-0.2, -0.15) is 0 Å². The Kier molecular flexibility index (Phi) is 1.72. The molecule has 0 radical (unpaired) electrons. The molecule has 2 aliphatic heterocycles. The van der Waals surface area contributed by atoms with Gasteiger partial charge in [-0.25, -0.2) is 4.79 Å². The summed E-state index contributed by atoms with van der Waals surface area (Å²) in [5, 5.41) is 6.36. The van der Waals surface area contributed by atoms with Crippen molar-refractivity contribution in [2.24, 2.45) is 0 Å². The normalized spacial score (nSPS) is 35.8. The Balaban J connectivity index is 2.07. The van der Waals surface area contributed by atoms with Gasteiger partial charge in [-0.3, -0.25) is 0 Å². The first-order valence-electron chi connectivity index (χ1n) is 4.46. The van der Waals surface area contributed by atoms with Crippen molar-refractivity contribution in [3.05, 3.63) is 0 Å². The number of hydrogen-bond acceptors (Lipinski definition) is 2. The Bertz CT molecular complexity index is 198. The zero-order chi connectivity index (χ0) is 8.60. The molecule has 1 spiro atoms. The molecule has 2 amide bonds. The number of hydrogen-bond donors (Lipinski definition) is 2. The predicted molar refractivity (Wildman–Crippen MR) is 46.0 cm³/mol. The third-order valence-corrected chi connectivity index (χ3v) is 2.73. The first-order chi connectivity index (χ1) is 5.72. The van der Waals surface area contributed by atoms with E-state index in [9.17, 15) is 4.79 Å². The maximum Gasteiger partial charge on any atom is 0.317 e. The van der Waals surface area contributed by atoms with Crippen LogP contribution in [0, 0.1) is 0 Å². The largest absolute Gasteiger partial charge is 0.329 e. The van der Waals surface area contributed by atoms with Crippen molar-refractivity contribution in [3.63, 3.8) is 0 Å².